The molecule has 0 spiro atoms. The quantitative estimate of drug-likeness (QED) is 0.839. The molecule has 0 heterocycles. The molecule has 0 aromatic heterocycles. The Morgan fingerprint density at radius 1 is 1.35 bits per heavy atom. The van der Waals surface area contributed by atoms with Gasteiger partial charge in [0.2, 0.25) is 10.0 Å². The highest BCUT2D eigenvalue weighted by atomic mass is 32.2. The second-order valence-corrected chi connectivity index (χ2v) is 6.57. The van der Waals surface area contributed by atoms with E-state index >= 15 is 0 Å². The van der Waals surface area contributed by atoms with Crippen molar-refractivity contribution < 1.29 is 13.5 Å². The van der Waals surface area contributed by atoms with Crippen LogP contribution in [-0.4, -0.2) is 37.0 Å². The highest BCUT2D eigenvalue weighted by molar-refractivity contribution is 7.89. The average Bonchev–Trinajstić information content (AvgIpc) is 3.24. The van der Waals surface area contributed by atoms with Gasteiger partial charge in [0.05, 0.1) is 11.5 Å². The molecule has 108 valence electrons. The summed E-state index contributed by atoms with van der Waals surface area (Å²) in [6.07, 6.45) is 2.21. The zero-order valence-electron chi connectivity index (χ0n) is 11.5. The zero-order chi connectivity index (χ0) is 14.6. The maximum absolute atomic E-state index is 12.7. The van der Waals surface area contributed by atoms with Gasteiger partial charge in [-0.15, -0.1) is 0 Å². The molecule has 0 bridgehead atoms. The molecule has 1 fully saturated rings. The fourth-order valence-corrected chi connectivity index (χ4v) is 3.97. The maximum atomic E-state index is 12.7. The molecule has 0 radical (unpaired) electrons. The first-order valence-corrected chi connectivity index (χ1v) is 8.26. The first-order valence-electron chi connectivity index (χ1n) is 6.82. The van der Waals surface area contributed by atoms with Crippen LogP contribution in [0.4, 0.5) is 0 Å². The number of hydrogen-bond acceptors (Lipinski definition) is 3. The van der Waals surface area contributed by atoms with Crippen LogP contribution in [-0.2, 0) is 10.0 Å². The monoisotopic (exact) mass is 293 g/mol. The normalized spacial score (nSPS) is 14.9. The van der Waals surface area contributed by atoms with Crippen molar-refractivity contribution in [2.45, 2.75) is 37.1 Å². The van der Waals surface area contributed by atoms with Gasteiger partial charge in [0.1, 0.15) is 0 Å². The van der Waals surface area contributed by atoms with E-state index in [1.807, 2.05) is 6.92 Å². The number of rotatable bonds is 5. The van der Waals surface area contributed by atoms with Crippen LogP contribution in [0.25, 0.3) is 0 Å². The van der Waals surface area contributed by atoms with Crippen molar-refractivity contribution >= 4 is 10.0 Å². The number of benzene rings is 1. The number of nitrogens with zero attached hydrogens (tertiary/aromatic N) is 1. The summed E-state index contributed by atoms with van der Waals surface area (Å²) in [5.41, 5.74) is 0.500. The number of aliphatic hydroxyl groups excluding tert-OH is 1. The lowest BCUT2D eigenvalue weighted by Crippen LogP contribution is -2.33. The lowest BCUT2D eigenvalue weighted by atomic mass is 10.2. The summed E-state index contributed by atoms with van der Waals surface area (Å²) in [4.78, 5) is 0.263. The summed E-state index contributed by atoms with van der Waals surface area (Å²) in [5.74, 6) is 5.63. The van der Waals surface area contributed by atoms with E-state index in [0.717, 1.165) is 12.8 Å². The average molecular weight is 293 g/mol. The summed E-state index contributed by atoms with van der Waals surface area (Å²) in [6.45, 7) is 2.31. The Kier molecular flexibility index (Phi) is 4.81. The molecule has 2 rings (SSSR count). The van der Waals surface area contributed by atoms with E-state index in [-0.39, 0.29) is 17.5 Å². The van der Waals surface area contributed by atoms with E-state index in [9.17, 15) is 8.42 Å². The highest BCUT2D eigenvalue weighted by Crippen LogP contribution is 2.32. The van der Waals surface area contributed by atoms with Gasteiger partial charge in [0.25, 0.3) is 0 Å². The van der Waals surface area contributed by atoms with Crippen LogP contribution >= 0.6 is 0 Å². The number of sulfonamides is 1. The lowest BCUT2D eigenvalue weighted by molar-refractivity contribution is 0.305. The molecule has 1 aliphatic rings. The Hall–Kier alpha value is -1.35. The zero-order valence-corrected chi connectivity index (χ0v) is 12.4. The standard InChI is InChI=1S/C15H19NO3S/c1-2-16(14-10-11-14)20(18,19)15-9-4-3-7-13(15)8-5-6-12-17/h3-4,7,9,14,17H,2,6,10-12H2,1H3. The predicted molar refractivity (Wildman–Crippen MR) is 77.6 cm³/mol. The molecule has 0 aliphatic heterocycles. The molecule has 0 amide bonds. The van der Waals surface area contributed by atoms with Gasteiger partial charge in [-0.3, -0.25) is 0 Å². The Morgan fingerprint density at radius 2 is 2.05 bits per heavy atom. The van der Waals surface area contributed by atoms with Crippen LogP contribution in [0.3, 0.4) is 0 Å². The fraction of sp³-hybridized carbons (Fsp3) is 0.467. The van der Waals surface area contributed by atoms with Gasteiger partial charge < -0.3 is 5.11 Å². The van der Waals surface area contributed by atoms with Crippen LogP contribution in [0.2, 0.25) is 0 Å². The molecule has 1 N–H and O–H groups in total. The van der Waals surface area contributed by atoms with Crippen molar-refractivity contribution in [1.82, 2.24) is 4.31 Å². The van der Waals surface area contributed by atoms with E-state index in [1.54, 1.807) is 28.6 Å². The predicted octanol–water partition coefficient (Wildman–Crippen LogP) is 1.59. The first kappa shape index (κ1) is 15.0. The molecule has 1 saturated carbocycles. The minimum Gasteiger partial charge on any atom is -0.395 e. The lowest BCUT2D eigenvalue weighted by Gasteiger charge is -2.20. The van der Waals surface area contributed by atoms with Crippen molar-refractivity contribution in [3.05, 3.63) is 29.8 Å². The molecular formula is C15H19NO3S. The van der Waals surface area contributed by atoms with Crippen LogP contribution in [0.5, 0.6) is 0 Å². The molecule has 5 heteroatoms. The first-order chi connectivity index (χ1) is 9.61. The van der Waals surface area contributed by atoms with Gasteiger partial charge in [-0.2, -0.15) is 4.31 Å². The van der Waals surface area contributed by atoms with Crippen molar-refractivity contribution in [3.63, 3.8) is 0 Å². The van der Waals surface area contributed by atoms with Crippen LogP contribution < -0.4 is 0 Å². The van der Waals surface area contributed by atoms with Gasteiger partial charge in [0.15, 0.2) is 0 Å². The van der Waals surface area contributed by atoms with Crippen molar-refractivity contribution in [2.24, 2.45) is 0 Å². The molecule has 4 nitrogen and oxygen atoms in total. The highest BCUT2D eigenvalue weighted by Gasteiger charge is 2.37. The van der Waals surface area contributed by atoms with Crippen LogP contribution in [0, 0.1) is 11.8 Å². The van der Waals surface area contributed by atoms with Crippen molar-refractivity contribution in [1.29, 1.82) is 0 Å². The van der Waals surface area contributed by atoms with Crippen LogP contribution in [0.15, 0.2) is 29.2 Å². The fourth-order valence-electron chi connectivity index (χ4n) is 2.12. The maximum Gasteiger partial charge on any atom is 0.244 e. The minimum atomic E-state index is -3.49. The molecule has 0 saturated heterocycles. The molecular weight excluding hydrogens is 274 g/mol. The van der Waals surface area contributed by atoms with E-state index < -0.39 is 10.0 Å². The summed E-state index contributed by atoms with van der Waals surface area (Å²) in [7, 11) is -3.49. The van der Waals surface area contributed by atoms with Crippen LogP contribution in [0.1, 0.15) is 31.7 Å². The summed E-state index contributed by atoms with van der Waals surface area (Å²) < 4.78 is 27.0. The Bertz CT molecular complexity index is 624. The Balaban J connectivity index is 2.39. The molecule has 1 aromatic rings. The second kappa shape index (κ2) is 6.40. The molecule has 1 aromatic carbocycles. The smallest absolute Gasteiger partial charge is 0.244 e. The summed E-state index contributed by atoms with van der Waals surface area (Å²) in [6, 6.07) is 6.94. The summed E-state index contributed by atoms with van der Waals surface area (Å²) in [5, 5.41) is 8.75. The molecule has 0 atom stereocenters. The Labute approximate surface area is 120 Å². The summed E-state index contributed by atoms with van der Waals surface area (Å²) >= 11 is 0. The second-order valence-electron chi connectivity index (χ2n) is 4.71. The van der Waals surface area contributed by atoms with Crippen molar-refractivity contribution in [2.75, 3.05) is 13.2 Å². The van der Waals surface area contributed by atoms with E-state index in [4.69, 9.17) is 5.11 Å². The van der Waals surface area contributed by atoms with Gasteiger partial charge in [-0.1, -0.05) is 30.9 Å². The molecule has 20 heavy (non-hydrogen) atoms. The molecule has 0 unspecified atom stereocenters. The molecule has 1 aliphatic carbocycles. The van der Waals surface area contributed by atoms with Gasteiger partial charge >= 0.3 is 0 Å². The largest absolute Gasteiger partial charge is 0.395 e. The third-order valence-electron chi connectivity index (χ3n) is 3.20. The van der Waals surface area contributed by atoms with E-state index in [1.165, 1.54) is 0 Å². The minimum absolute atomic E-state index is 0.0227. The number of hydrogen-bond donors (Lipinski definition) is 1. The van der Waals surface area contributed by atoms with Gasteiger partial charge in [0, 0.05) is 24.6 Å². The third kappa shape index (κ3) is 3.21. The van der Waals surface area contributed by atoms with Gasteiger partial charge in [-0.05, 0) is 25.0 Å². The Morgan fingerprint density at radius 3 is 2.65 bits per heavy atom. The third-order valence-corrected chi connectivity index (χ3v) is 5.28. The van der Waals surface area contributed by atoms with E-state index in [0.29, 0.717) is 18.5 Å². The van der Waals surface area contributed by atoms with Crippen molar-refractivity contribution in [3.8, 4) is 11.8 Å². The van der Waals surface area contributed by atoms with Gasteiger partial charge in [-0.25, -0.2) is 8.42 Å². The van der Waals surface area contributed by atoms with E-state index in [2.05, 4.69) is 11.8 Å². The SMILES string of the molecule is CCN(C1CC1)S(=O)(=O)c1ccccc1C#CCCO. The number of aliphatic hydroxyl groups is 1. The topological polar surface area (TPSA) is 57.6 Å².